The Bertz CT molecular complexity index is 717. The Morgan fingerprint density at radius 1 is 1.04 bits per heavy atom. The molecule has 6 nitrogen and oxygen atoms in total. The quantitative estimate of drug-likeness (QED) is 0.759. The van der Waals surface area contributed by atoms with E-state index >= 15 is 0 Å². The van der Waals surface area contributed by atoms with E-state index in [2.05, 4.69) is 20.8 Å². The van der Waals surface area contributed by atoms with Crippen LogP contribution in [0, 0.1) is 23.7 Å². The molecule has 2 atom stereocenters. The molecule has 3 N–H and O–H groups in total. The van der Waals surface area contributed by atoms with E-state index in [1.807, 2.05) is 0 Å². The van der Waals surface area contributed by atoms with Crippen LogP contribution in [-0.2, 0) is 17.8 Å². The van der Waals surface area contributed by atoms with Crippen LogP contribution in [0.1, 0.15) is 66.7 Å². The molecule has 1 amide bonds. The second-order valence-corrected chi connectivity index (χ2v) is 9.72. The van der Waals surface area contributed by atoms with Crippen molar-refractivity contribution in [3.63, 3.8) is 0 Å². The zero-order valence-corrected chi connectivity index (χ0v) is 15.9. The van der Waals surface area contributed by atoms with Gasteiger partial charge in [-0.15, -0.1) is 0 Å². The summed E-state index contributed by atoms with van der Waals surface area (Å²) in [5.41, 5.74) is 2.54. The third kappa shape index (κ3) is 2.75. The Hall–Kier alpha value is -1.40. The molecule has 2 heterocycles. The number of nitrogens with one attached hydrogen (secondary N) is 3. The molecule has 6 aliphatic rings. The van der Waals surface area contributed by atoms with Crippen LogP contribution in [0.15, 0.2) is 0 Å². The Morgan fingerprint density at radius 2 is 1.78 bits per heavy atom. The number of hydrogen-bond donors (Lipinski definition) is 3. The molecule has 4 bridgehead atoms. The molecule has 0 radical (unpaired) electrons. The lowest BCUT2D eigenvalue weighted by molar-refractivity contribution is -0.0236. The zero-order valence-electron chi connectivity index (χ0n) is 15.9. The van der Waals surface area contributed by atoms with Crippen molar-refractivity contribution in [2.24, 2.45) is 23.7 Å². The highest BCUT2D eigenvalue weighted by molar-refractivity contribution is 5.94. The van der Waals surface area contributed by atoms with Gasteiger partial charge in [0, 0.05) is 35.8 Å². The molecule has 6 heteroatoms. The topological polar surface area (TPSA) is 79.0 Å². The van der Waals surface area contributed by atoms with Crippen LogP contribution in [0.2, 0.25) is 0 Å². The summed E-state index contributed by atoms with van der Waals surface area (Å²) >= 11 is 0. The molecule has 0 spiro atoms. The number of aromatic amines is 1. The second-order valence-electron chi connectivity index (χ2n) is 9.72. The number of hydrogen-bond acceptors (Lipinski definition) is 4. The van der Waals surface area contributed by atoms with E-state index in [1.165, 1.54) is 38.5 Å². The van der Waals surface area contributed by atoms with Crippen LogP contribution in [-0.4, -0.2) is 40.8 Å². The van der Waals surface area contributed by atoms with Crippen molar-refractivity contribution in [3.8, 4) is 0 Å². The van der Waals surface area contributed by atoms with Crippen molar-refractivity contribution < 1.29 is 9.53 Å². The Morgan fingerprint density at radius 3 is 2.48 bits per heavy atom. The number of ether oxygens (including phenoxy) is 1. The third-order valence-corrected chi connectivity index (χ3v) is 8.13. The smallest absolute Gasteiger partial charge is 0.272 e. The van der Waals surface area contributed by atoms with Gasteiger partial charge in [-0.2, -0.15) is 5.10 Å². The number of fused-ring (bicyclic) bond motifs is 1. The number of aromatic nitrogens is 2. The molecule has 27 heavy (non-hydrogen) atoms. The maximum atomic E-state index is 12.8. The summed E-state index contributed by atoms with van der Waals surface area (Å²) in [4.78, 5) is 12.8. The van der Waals surface area contributed by atoms with Crippen molar-refractivity contribution in [2.75, 3.05) is 6.61 Å². The van der Waals surface area contributed by atoms with Crippen LogP contribution in [0.4, 0.5) is 0 Å². The Balaban J connectivity index is 1.10. The van der Waals surface area contributed by atoms with Gasteiger partial charge in [-0.25, -0.2) is 0 Å². The summed E-state index contributed by atoms with van der Waals surface area (Å²) in [5, 5.41) is 14.5. The summed E-state index contributed by atoms with van der Waals surface area (Å²) in [7, 11) is 0. The lowest BCUT2D eigenvalue weighted by atomic mass is 9.54. The minimum atomic E-state index is -0.0421. The van der Waals surface area contributed by atoms with Gasteiger partial charge < -0.3 is 15.4 Å². The van der Waals surface area contributed by atoms with Gasteiger partial charge in [-0.05, 0) is 68.6 Å². The van der Waals surface area contributed by atoms with Gasteiger partial charge in [-0.3, -0.25) is 9.89 Å². The first kappa shape index (κ1) is 16.5. The Kier molecular flexibility index (Phi) is 3.87. The summed E-state index contributed by atoms with van der Waals surface area (Å²) in [5.74, 6) is 3.74. The van der Waals surface area contributed by atoms with Crippen LogP contribution < -0.4 is 10.6 Å². The number of amides is 1. The zero-order chi connectivity index (χ0) is 18.0. The molecule has 0 unspecified atom stereocenters. The second kappa shape index (κ2) is 6.31. The monoisotopic (exact) mass is 370 g/mol. The highest BCUT2D eigenvalue weighted by atomic mass is 16.5. The normalized spacial score (nSPS) is 41.9. The molecular formula is C21H30N4O2. The molecule has 5 aliphatic carbocycles. The summed E-state index contributed by atoms with van der Waals surface area (Å²) < 4.78 is 5.51. The molecule has 0 saturated heterocycles. The fourth-order valence-electron chi connectivity index (χ4n) is 6.85. The van der Waals surface area contributed by atoms with E-state index in [0.29, 0.717) is 31.0 Å². The van der Waals surface area contributed by atoms with Crippen molar-refractivity contribution in [3.05, 3.63) is 17.0 Å². The van der Waals surface area contributed by atoms with Crippen molar-refractivity contribution in [1.82, 2.24) is 20.8 Å². The number of rotatable bonds is 4. The van der Waals surface area contributed by atoms with Gasteiger partial charge in [-0.1, -0.05) is 0 Å². The van der Waals surface area contributed by atoms with Gasteiger partial charge in [0.2, 0.25) is 0 Å². The molecule has 5 fully saturated rings. The highest BCUT2D eigenvalue weighted by Crippen LogP contribution is 2.54. The first-order valence-corrected chi connectivity index (χ1v) is 11.0. The molecule has 5 saturated carbocycles. The number of nitrogens with zero attached hydrogens (tertiary/aromatic N) is 1. The van der Waals surface area contributed by atoms with E-state index in [0.717, 1.165) is 47.8 Å². The van der Waals surface area contributed by atoms with E-state index in [1.54, 1.807) is 0 Å². The summed E-state index contributed by atoms with van der Waals surface area (Å²) in [6.45, 7) is 1.20. The average Bonchev–Trinajstić information content (AvgIpc) is 3.08. The SMILES string of the molecule is O=C(N[C@H]1CC[C@H]1NC1C2CC3CC(C2)CC1C3)c1n[nH]c2c1COCC2. The van der Waals surface area contributed by atoms with Crippen molar-refractivity contribution >= 4 is 5.91 Å². The van der Waals surface area contributed by atoms with Crippen LogP contribution in [0.5, 0.6) is 0 Å². The van der Waals surface area contributed by atoms with Gasteiger partial charge in [0.15, 0.2) is 5.69 Å². The van der Waals surface area contributed by atoms with Crippen molar-refractivity contribution in [2.45, 2.75) is 76.1 Å². The van der Waals surface area contributed by atoms with E-state index in [9.17, 15) is 4.79 Å². The predicted molar refractivity (Wildman–Crippen MR) is 100 cm³/mol. The number of carbonyl (C=O) groups excluding carboxylic acids is 1. The Labute approximate surface area is 160 Å². The maximum absolute atomic E-state index is 12.8. The summed E-state index contributed by atoms with van der Waals surface area (Å²) in [6.07, 6.45) is 10.3. The van der Waals surface area contributed by atoms with E-state index in [-0.39, 0.29) is 11.9 Å². The first-order valence-electron chi connectivity index (χ1n) is 11.0. The van der Waals surface area contributed by atoms with Crippen LogP contribution in [0.25, 0.3) is 0 Å². The minimum absolute atomic E-state index is 0.0421. The number of H-pyrrole nitrogens is 1. The largest absolute Gasteiger partial charge is 0.376 e. The molecule has 1 aliphatic heterocycles. The summed E-state index contributed by atoms with van der Waals surface area (Å²) in [6, 6.07) is 1.36. The maximum Gasteiger partial charge on any atom is 0.272 e. The predicted octanol–water partition coefficient (Wildman–Crippen LogP) is 2.16. The lowest BCUT2D eigenvalue weighted by Crippen LogP contribution is -2.64. The first-order chi connectivity index (χ1) is 13.2. The van der Waals surface area contributed by atoms with E-state index in [4.69, 9.17) is 4.74 Å². The van der Waals surface area contributed by atoms with Crippen molar-refractivity contribution in [1.29, 1.82) is 0 Å². The standard InChI is InChI=1S/C21H30N4O2/c26-21(20-15-10-27-4-3-16(15)24-25-20)23-18-2-1-17(18)22-19-13-6-11-5-12(8-13)9-14(19)7-11/h11-14,17-19,22H,1-10H2,(H,23,26)(H,24,25)/t11?,12?,13?,14?,17-,18+,19?/m1/s1. The fourth-order valence-corrected chi connectivity index (χ4v) is 6.85. The average molecular weight is 370 g/mol. The molecule has 1 aromatic rings. The van der Waals surface area contributed by atoms with Crippen LogP contribution >= 0.6 is 0 Å². The fraction of sp³-hybridized carbons (Fsp3) is 0.810. The minimum Gasteiger partial charge on any atom is -0.376 e. The number of carbonyl (C=O) groups is 1. The third-order valence-electron chi connectivity index (χ3n) is 8.13. The molecule has 146 valence electrons. The van der Waals surface area contributed by atoms with Gasteiger partial charge in [0.1, 0.15) is 0 Å². The molecule has 7 rings (SSSR count). The van der Waals surface area contributed by atoms with Crippen LogP contribution in [0.3, 0.4) is 0 Å². The molecule has 1 aromatic heterocycles. The molecular weight excluding hydrogens is 340 g/mol. The van der Waals surface area contributed by atoms with Gasteiger partial charge in [0.05, 0.1) is 13.2 Å². The van der Waals surface area contributed by atoms with Gasteiger partial charge in [0.25, 0.3) is 5.91 Å². The molecule has 0 aromatic carbocycles. The van der Waals surface area contributed by atoms with Gasteiger partial charge >= 0.3 is 0 Å². The highest BCUT2D eigenvalue weighted by Gasteiger charge is 2.49. The lowest BCUT2D eigenvalue weighted by Gasteiger charge is -2.56. The van der Waals surface area contributed by atoms with E-state index < -0.39 is 0 Å².